The van der Waals surface area contributed by atoms with Crippen molar-refractivity contribution < 1.29 is 0 Å². The fourth-order valence-corrected chi connectivity index (χ4v) is 3.04. The van der Waals surface area contributed by atoms with E-state index < -0.39 is 0 Å². The van der Waals surface area contributed by atoms with E-state index >= 15 is 0 Å². The Hall–Kier alpha value is -0.440. The monoisotopic (exact) mass is 286 g/mol. The van der Waals surface area contributed by atoms with Crippen molar-refractivity contribution in [1.82, 2.24) is 5.32 Å². The van der Waals surface area contributed by atoms with Crippen molar-refractivity contribution in [3.63, 3.8) is 0 Å². The van der Waals surface area contributed by atoms with Gasteiger partial charge < -0.3 is 10.2 Å². The Morgan fingerprint density at radius 3 is 2.39 bits per heavy atom. The average molecular weight is 287 g/mol. The van der Waals surface area contributed by atoms with Gasteiger partial charge >= 0.3 is 0 Å². The molecular formula is C14H20Cl2N2. The van der Waals surface area contributed by atoms with Gasteiger partial charge in [-0.15, -0.1) is 0 Å². The molecule has 0 amide bonds. The lowest BCUT2D eigenvalue weighted by Gasteiger charge is -2.43. The van der Waals surface area contributed by atoms with E-state index in [0.717, 1.165) is 18.8 Å². The van der Waals surface area contributed by atoms with E-state index in [1.807, 2.05) is 12.1 Å². The Bertz CT molecular complexity index is 400. The molecule has 0 bridgehead atoms. The van der Waals surface area contributed by atoms with E-state index in [9.17, 15) is 0 Å². The van der Waals surface area contributed by atoms with Gasteiger partial charge in [0.2, 0.25) is 0 Å². The molecule has 2 unspecified atom stereocenters. The first-order chi connectivity index (χ1) is 8.47. The molecule has 1 aliphatic heterocycles. The predicted molar refractivity (Wildman–Crippen MR) is 79.9 cm³/mol. The minimum Gasteiger partial charge on any atom is -0.365 e. The summed E-state index contributed by atoms with van der Waals surface area (Å²) < 4.78 is 0. The second-order valence-electron chi connectivity index (χ2n) is 5.40. The minimum absolute atomic E-state index is 0.482. The van der Waals surface area contributed by atoms with E-state index in [1.54, 1.807) is 6.07 Å². The van der Waals surface area contributed by atoms with Crippen LogP contribution in [0.25, 0.3) is 0 Å². The van der Waals surface area contributed by atoms with Gasteiger partial charge in [-0.2, -0.15) is 0 Å². The molecule has 100 valence electrons. The van der Waals surface area contributed by atoms with Gasteiger partial charge in [0.1, 0.15) is 0 Å². The molecule has 1 heterocycles. The van der Waals surface area contributed by atoms with Crippen LogP contribution in [0, 0.1) is 5.92 Å². The van der Waals surface area contributed by atoms with Crippen molar-refractivity contribution in [1.29, 1.82) is 0 Å². The van der Waals surface area contributed by atoms with Crippen LogP contribution < -0.4 is 10.2 Å². The second-order valence-corrected chi connectivity index (χ2v) is 6.27. The summed E-state index contributed by atoms with van der Waals surface area (Å²) in [6.07, 6.45) is 0. The summed E-state index contributed by atoms with van der Waals surface area (Å²) in [5, 5.41) is 4.94. The maximum Gasteiger partial charge on any atom is 0.0441 e. The summed E-state index contributed by atoms with van der Waals surface area (Å²) in [6, 6.07) is 6.75. The molecule has 0 spiro atoms. The number of nitrogens with one attached hydrogen (secondary N) is 1. The van der Waals surface area contributed by atoms with E-state index in [0.29, 0.717) is 28.0 Å². The van der Waals surface area contributed by atoms with Crippen molar-refractivity contribution in [3.05, 3.63) is 28.2 Å². The van der Waals surface area contributed by atoms with Gasteiger partial charge in [0.05, 0.1) is 0 Å². The largest absolute Gasteiger partial charge is 0.365 e. The molecule has 2 atom stereocenters. The Morgan fingerprint density at radius 1 is 1.22 bits per heavy atom. The standard InChI is InChI=1S/C14H20Cl2N2/c1-9(2)14-7-17-10(3)8-18(14)13-5-11(15)4-12(16)6-13/h4-6,9-10,14,17H,7-8H2,1-3H3. The number of hydrogen-bond donors (Lipinski definition) is 1. The lowest BCUT2D eigenvalue weighted by atomic mass is 9.98. The van der Waals surface area contributed by atoms with E-state index in [2.05, 4.69) is 31.0 Å². The Balaban J connectivity index is 2.31. The summed E-state index contributed by atoms with van der Waals surface area (Å²) >= 11 is 12.2. The predicted octanol–water partition coefficient (Wildman–Crippen LogP) is 3.82. The SMILES string of the molecule is CC1CN(c2cc(Cl)cc(Cl)c2)C(C(C)C)CN1. The first kappa shape index (κ1) is 14.0. The van der Waals surface area contributed by atoms with Crippen LogP contribution in [0.4, 0.5) is 5.69 Å². The molecule has 0 aliphatic carbocycles. The highest BCUT2D eigenvalue weighted by molar-refractivity contribution is 6.35. The van der Waals surface area contributed by atoms with Crippen LogP contribution in [0.2, 0.25) is 10.0 Å². The number of anilines is 1. The molecular weight excluding hydrogens is 267 g/mol. The number of piperazine rings is 1. The topological polar surface area (TPSA) is 15.3 Å². The quantitative estimate of drug-likeness (QED) is 0.889. The Kier molecular flexibility index (Phi) is 4.41. The maximum absolute atomic E-state index is 6.11. The molecule has 18 heavy (non-hydrogen) atoms. The Labute approximate surface area is 119 Å². The van der Waals surface area contributed by atoms with Crippen LogP contribution in [-0.4, -0.2) is 25.2 Å². The van der Waals surface area contributed by atoms with Crippen molar-refractivity contribution in [2.24, 2.45) is 5.92 Å². The normalized spacial score (nSPS) is 24.7. The average Bonchev–Trinajstić information content (AvgIpc) is 2.27. The number of benzene rings is 1. The summed E-state index contributed by atoms with van der Waals surface area (Å²) in [6.45, 7) is 8.70. The number of rotatable bonds is 2. The second kappa shape index (κ2) is 5.68. The number of hydrogen-bond acceptors (Lipinski definition) is 2. The van der Waals surface area contributed by atoms with Gasteiger partial charge in [0, 0.05) is 40.9 Å². The van der Waals surface area contributed by atoms with Crippen LogP contribution in [-0.2, 0) is 0 Å². The van der Waals surface area contributed by atoms with Crippen molar-refractivity contribution in [2.75, 3.05) is 18.0 Å². The van der Waals surface area contributed by atoms with Gasteiger partial charge in [-0.1, -0.05) is 37.0 Å². The van der Waals surface area contributed by atoms with E-state index in [1.165, 1.54) is 0 Å². The third-order valence-corrected chi connectivity index (χ3v) is 3.93. The maximum atomic E-state index is 6.11. The fraction of sp³-hybridized carbons (Fsp3) is 0.571. The van der Waals surface area contributed by atoms with E-state index in [4.69, 9.17) is 23.2 Å². The summed E-state index contributed by atoms with van der Waals surface area (Å²) in [4.78, 5) is 2.42. The molecule has 1 saturated heterocycles. The van der Waals surface area contributed by atoms with Crippen LogP contribution in [0.3, 0.4) is 0 Å². The highest BCUT2D eigenvalue weighted by Gasteiger charge is 2.28. The molecule has 0 saturated carbocycles. The van der Waals surface area contributed by atoms with Crippen molar-refractivity contribution in [2.45, 2.75) is 32.9 Å². The number of nitrogens with zero attached hydrogens (tertiary/aromatic N) is 1. The lowest BCUT2D eigenvalue weighted by molar-refractivity contribution is 0.349. The number of halogens is 2. The molecule has 0 aromatic heterocycles. The molecule has 1 aromatic carbocycles. The summed E-state index contributed by atoms with van der Waals surface area (Å²) in [5.41, 5.74) is 1.12. The minimum atomic E-state index is 0.482. The zero-order valence-corrected chi connectivity index (χ0v) is 12.6. The fourth-order valence-electron chi connectivity index (χ4n) is 2.52. The van der Waals surface area contributed by atoms with Gasteiger partial charge in [-0.3, -0.25) is 0 Å². The van der Waals surface area contributed by atoms with Crippen LogP contribution in [0.1, 0.15) is 20.8 Å². The Morgan fingerprint density at radius 2 is 1.83 bits per heavy atom. The summed E-state index contributed by atoms with van der Waals surface area (Å²) in [5.74, 6) is 0.586. The molecule has 1 fully saturated rings. The smallest absolute Gasteiger partial charge is 0.0441 e. The first-order valence-electron chi connectivity index (χ1n) is 6.43. The summed E-state index contributed by atoms with van der Waals surface area (Å²) in [7, 11) is 0. The molecule has 4 heteroatoms. The van der Waals surface area contributed by atoms with Crippen molar-refractivity contribution >= 4 is 28.9 Å². The zero-order chi connectivity index (χ0) is 13.3. The highest BCUT2D eigenvalue weighted by atomic mass is 35.5. The third-order valence-electron chi connectivity index (χ3n) is 3.49. The van der Waals surface area contributed by atoms with Gasteiger partial charge in [0.15, 0.2) is 0 Å². The molecule has 2 rings (SSSR count). The molecule has 2 nitrogen and oxygen atoms in total. The van der Waals surface area contributed by atoms with Crippen LogP contribution >= 0.6 is 23.2 Å². The first-order valence-corrected chi connectivity index (χ1v) is 7.19. The highest BCUT2D eigenvalue weighted by Crippen LogP contribution is 2.29. The molecule has 0 radical (unpaired) electrons. The van der Waals surface area contributed by atoms with Crippen LogP contribution in [0.15, 0.2) is 18.2 Å². The van der Waals surface area contributed by atoms with Gasteiger partial charge in [0.25, 0.3) is 0 Å². The zero-order valence-electron chi connectivity index (χ0n) is 11.1. The molecule has 1 aliphatic rings. The molecule has 1 N–H and O–H groups in total. The molecule has 1 aromatic rings. The van der Waals surface area contributed by atoms with Gasteiger partial charge in [-0.05, 0) is 31.0 Å². The van der Waals surface area contributed by atoms with Crippen LogP contribution in [0.5, 0.6) is 0 Å². The van der Waals surface area contributed by atoms with E-state index in [-0.39, 0.29) is 0 Å². The third kappa shape index (κ3) is 3.11. The van der Waals surface area contributed by atoms with Crippen molar-refractivity contribution in [3.8, 4) is 0 Å². The van der Waals surface area contributed by atoms with Gasteiger partial charge in [-0.25, -0.2) is 0 Å². The lowest BCUT2D eigenvalue weighted by Crippen LogP contribution is -2.57.